The van der Waals surface area contributed by atoms with E-state index in [2.05, 4.69) is 5.32 Å². The third-order valence-electron chi connectivity index (χ3n) is 2.37. The van der Waals surface area contributed by atoms with Crippen LogP contribution >= 0.6 is 0 Å². The van der Waals surface area contributed by atoms with Crippen LogP contribution < -0.4 is 5.32 Å². The molecule has 0 aromatic carbocycles. The van der Waals surface area contributed by atoms with Gasteiger partial charge in [0.15, 0.2) is 0 Å². The lowest BCUT2D eigenvalue weighted by molar-refractivity contribution is -0.131. The first-order chi connectivity index (χ1) is 7.08. The molecule has 0 aromatic heterocycles. The second kappa shape index (κ2) is 5.50. The molecule has 1 fully saturated rings. The Bertz CT molecular complexity index is 275. The van der Waals surface area contributed by atoms with Gasteiger partial charge in [-0.25, -0.2) is 4.79 Å². The quantitative estimate of drug-likeness (QED) is 0.578. The smallest absolute Gasteiger partial charge is 0.328 e. The highest BCUT2D eigenvalue weighted by atomic mass is 16.4. The largest absolute Gasteiger partial charge is 0.478 e. The van der Waals surface area contributed by atoms with Crippen LogP contribution in [0.3, 0.4) is 0 Å². The fourth-order valence-electron chi connectivity index (χ4n) is 1.69. The van der Waals surface area contributed by atoms with Crippen LogP contribution in [0.5, 0.6) is 0 Å². The molecule has 1 aliphatic rings. The zero-order chi connectivity index (χ0) is 11.3. The van der Waals surface area contributed by atoms with E-state index in [1.54, 1.807) is 0 Å². The lowest BCUT2D eigenvalue weighted by Crippen LogP contribution is -2.39. The summed E-state index contributed by atoms with van der Waals surface area (Å²) in [6.45, 7) is 0. The van der Waals surface area contributed by atoms with E-state index in [-0.39, 0.29) is 12.1 Å². The van der Waals surface area contributed by atoms with E-state index in [9.17, 15) is 14.7 Å². The van der Waals surface area contributed by atoms with Crippen LogP contribution in [0.15, 0.2) is 12.2 Å². The highest BCUT2D eigenvalue weighted by molar-refractivity contribution is 5.93. The molecule has 1 aliphatic carbocycles. The number of rotatable bonds is 3. The molecule has 2 atom stereocenters. The van der Waals surface area contributed by atoms with E-state index < -0.39 is 11.9 Å². The van der Waals surface area contributed by atoms with E-state index in [0.29, 0.717) is 6.42 Å². The molecule has 0 bridgehead atoms. The highest BCUT2D eigenvalue weighted by Gasteiger charge is 2.20. The van der Waals surface area contributed by atoms with Gasteiger partial charge in [-0.15, -0.1) is 0 Å². The molecule has 2 unspecified atom stereocenters. The van der Waals surface area contributed by atoms with Gasteiger partial charge in [-0.05, 0) is 25.7 Å². The summed E-state index contributed by atoms with van der Waals surface area (Å²) in [5.74, 6) is -1.56. The number of carbonyl (C=O) groups is 2. The first kappa shape index (κ1) is 11.7. The molecular weight excluding hydrogens is 198 g/mol. The number of carboxylic acid groups (broad SMARTS) is 1. The summed E-state index contributed by atoms with van der Waals surface area (Å²) in [6, 6.07) is -0.0419. The van der Waals surface area contributed by atoms with Crippen molar-refractivity contribution in [1.82, 2.24) is 5.32 Å². The Morgan fingerprint density at radius 2 is 2.00 bits per heavy atom. The second-order valence-corrected chi connectivity index (χ2v) is 3.70. The second-order valence-electron chi connectivity index (χ2n) is 3.70. The van der Waals surface area contributed by atoms with Crippen molar-refractivity contribution in [3.05, 3.63) is 12.2 Å². The maximum absolute atomic E-state index is 11.2. The van der Waals surface area contributed by atoms with Crippen LogP contribution in [0.1, 0.15) is 25.7 Å². The number of aliphatic carboxylic acids is 1. The molecule has 0 saturated heterocycles. The van der Waals surface area contributed by atoms with E-state index in [1.807, 2.05) is 0 Å². The summed E-state index contributed by atoms with van der Waals surface area (Å²) in [4.78, 5) is 21.3. The molecule has 1 saturated carbocycles. The van der Waals surface area contributed by atoms with Crippen molar-refractivity contribution in [3.63, 3.8) is 0 Å². The van der Waals surface area contributed by atoms with Gasteiger partial charge < -0.3 is 15.5 Å². The molecule has 1 rings (SSSR count). The van der Waals surface area contributed by atoms with Crippen molar-refractivity contribution in [2.24, 2.45) is 0 Å². The Balaban J connectivity index is 2.34. The molecule has 15 heavy (non-hydrogen) atoms. The fourth-order valence-corrected chi connectivity index (χ4v) is 1.69. The average Bonchev–Trinajstić information content (AvgIpc) is 2.15. The number of aliphatic hydroxyl groups is 1. The van der Waals surface area contributed by atoms with Gasteiger partial charge in [0.1, 0.15) is 0 Å². The van der Waals surface area contributed by atoms with Gasteiger partial charge in [0.2, 0.25) is 5.91 Å². The number of nitrogens with one attached hydrogen (secondary N) is 1. The van der Waals surface area contributed by atoms with Crippen molar-refractivity contribution >= 4 is 11.9 Å². The average molecular weight is 213 g/mol. The molecule has 5 heteroatoms. The monoisotopic (exact) mass is 213 g/mol. The third-order valence-corrected chi connectivity index (χ3v) is 2.37. The minimum atomic E-state index is -1.14. The summed E-state index contributed by atoms with van der Waals surface area (Å²) < 4.78 is 0. The van der Waals surface area contributed by atoms with Crippen molar-refractivity contribution in [3.8, 4) is 0 Å². The van der Waals surface area contributed by atoms with E-state index in [0.717, 1.165) is 31.4 Å². The first-order valence-electron chi connectivity index (χ1n) is 4.97. The standard InChI is InChI=1S/C10H15NO4/c12-8-3-1-2-7(6-8)11-9(13)4-5-10(14)15/h4-5,7-8,12H,1-3,6H2,(H,11,13)(H,14,15)/b5-4+. The van der Waals surface area contributed by atoms with Crippen LogP contribution in [0.4, 0.5) is 0 Å². The van der Waals surface area contributed by atoms with E-state index in [1.165, 1.54) is 0 Å². The molecule has 0 aliphatic heterocycles. The third kappa shape index (κ3) is 4.60. The van der Waals surface area contributed by atoms with Crippen LogP contribution in [-0.4, -0.2) is 34.2 Å². The number of aliphatic hydroxyl groups excluding tert-OH is 1. The number of amides is 1. The zero-order valence-electron chi connectivity index (χ0n) is 8.35. The van der Waals surface area contributed by atoms with Gasteiger partial charge in [0.25, 0.3) is 0 Å². The molecule has 0 heterocycles. The summed E-state index contributed by atoms with van der Waals surface area (Å²) in [7, 11) is 0. The molecule has 0 spiro atoms. The van der Waals surface area contributed by atoms with Crippen LogP contribution in [-0.2, 0) is 9.59 Å². The number of hydrogen-bond donors (Lipinski definition) is 3. The van der Waals surface area contributed by atoms with E-state index in [4.69, 9.17) is 5.11 Å². The van der Waals surface area contributed by atoms with E-state index >= 15 is 0 Å². The fraction of sp³-hybridized carbons (Fsp3) is 0.600. The van der Waals surface area contributed by atoms with Gasteiger partial charge in [0, 0.05) is 18.2 Å². The van der Waals surface area contributed by atoms with Crippen molar-refractivity contribution in [2.45, 2.75) is 37.8 Å². The minimum absolute atomic E-state index is 0.0419. The Hall–Kier alpha value is -1.36. The lowest BCUT2D eigenvalue weighted by atomic mass is 9.93. The molecular formula is C10H15NO4. The predicted molar refractivity (Wildman–Crippen MR) is 53.2 cm³/mol. The van der Waals surface area contributed by atoms with Crippen LogP contribution in [0.2, 0.25) is 0 Å². The maximum atomic E-state index is 11.2. The Morgan fingerprint density at radius 3 is 2.60 bits per heavy atom. The topological polar surface area (TPSA) is 86.6 Å². The summed E-state index contributed by atoms with van der Waals surface area (Å²) in [6.07, 6.45) is 4.48. The van der Waals surface area contributed by atoms with Gasteiger partial charge in [-0.1, -0.05) is 0 Å². The molecule has 84 valence electrons. The number of carboxylic acids is 1. The zero-order valence-corrected chi connectivity index (χ0v) is 8.35. The number of carbonyl (C=O) groups excluding carboxylic acids is 1. The Kier molecular flexibility index (Phi) is 4.30. The molecule has 5 nitrogen and oxygen atoms in total. The Morgan fingerprint density at radius 1 is 1.27 bits per heavy atom. The molecule has 0 aromatic rings. The summed E-state index contributed by atoms with van der Waals surface area (Å²) in [5, 5.41) is 20.3. The molecule has 3 N–H and O–H groups in total. The van der Waals surface area contributed by atoms with Crippen molar-refractivity contribution < 1.29 is 19.8 Å². The molecule has 0 radical (unpaired) electrons. The van der Waals surface area contributed by atoms with Crippen LogP contribution in [0.25, 0.3) is 0 Å². The van der Waals surface area contributed by atoms with Gasteiger partial charge >= 0.3 is 5.97 Å². The van der Waals surface area contributed by atoms with Crippen LogP contribution in [0, 0.1) is 0 Å². The Labute approximate surface area is 87.8 Å². The lowest BCUT2D eigenvalue weighted by Gasteiger charge is -2.26. The van der Waals surface area contributed by atoms with Crippen molar-refractivity contribution in [2.75, 3.05) is 0 Å². The SMILES string of the molecule is O=C(O)/C=C/C(=O)NC1CCCC(O)C1. The van der Waals surface area contributed by atoms with Gasteiger partial charge in [-0.3, -0.25) is 4.79 Å². The highest BCUT2D eigenvalue weighted by Crippen LogP contribution is 2.18. The minimum Gasteiger partial charge on any atom is -0.478 e. The number of hydrogen-bond acceptors (Lipinski definition) is 3. The molecule has 1 amide bonds. The summed E-state index contributed by atoms with van der Waals surface area (Å²) in [5.41, 5.74) is 0. The van der Waals surface area contributed by atoms with Gasteiger partial charge in [-0.2, -0.15) is 0 Å². The summed E-state index contributed by atoms with van der Waals surface area (Å²) >= 11 is 0. The van der Waals surface area contributed by atoms with Gasteiger partial charge in [0.05, 0.1) is 6.10 Å². The maximum Gasteiger partial charge on any atom is 0.328 e. The first-order valence-corrected chi connectivity index (χ1v) is 4.97. The normalized spacial score (nSPS) is 26.5. The van der Waals surface area contributed by atoms with Crippen molar-refractivity contribution in [1.29, 1.82) is 0 Å². The predicted octanol–water partition coefficient (Wildman–Crippen LogP) is 0.0469.